The lowest BCUT2D eigenvalue weighted by atomic mass is 9.99. The molecule has 0 aliphatic carbocycles. The Morgan fingerprint density at radius 3 is 2.04 bits per heavy atom. The quantitative estimate of drug-likeness (QED) is 0.795. The Morgan fingerprint density at radius 1 is 1.04 bits per heavy atom. The van der Waals surface area contributed by atoms with E-state index in [1.54, 1.807) is 4.90 Å². The van der Waals surface area contributed by atoms with Crippen molar-refractivity contribution < 1.29 is 9.59 Å². The van der Waals surface area contributed by atoms with Gasteiger partial charge in [-0.1, -0.05) is 6.92 Å². The standard InChI is InChI=1S/C20H31N3O2/c1-5-21(6-2)18-7-9-19(10-8-18)23(17(4)24)15-20(25)22-13-11-16(3)12-14-22/h7-10,16H,5-6,11-15H2,1-4H3. The molecule has 1 aromatic carbocycles. The van der Waals surface area contributed by atoms with E-state index in [9.17, 15) is 9.59 Å². The van der Waals surface area contributed by atoms with Crippen LogP contribution in [0, 0.1) is 5.92 Å². The molecule has 2 rings (SSSR count). The van der Waals surface area contributed by atoms with Crippen molar-refractivity contribution in [1.82, 2.24) is 4.90 Å². The van der Waals surface area contributed by atoms with Crippen LogP contribution in [0.15, 0.2) is 24.3 Å². The Kier molecular flexibility index (Phi) is 6.85. The van der Waals surface area contributed by atoms with Gasteiger partial charge in [-0.05, 0) is 56.9 Å². The van der Waals surface area contributed by atoms with Crippen LogP contribution in [-0.4, -0.2) is 49.4 Å². The van der Waals surface area contributed by atoms with Crippen molar-refractivity contribution in [2.75, 3.05) is 42.5 Å². The van der Waals surface area contributed by atoms with Crippen molar-refractivity contribution in [2.24, 2.45) is 5.92 Å². The van der Waals surface area contributed by atoms with E-state index in [4.69, 9.17) is 0 Å². The molecule has 2 amide bonds. The van der Waals surface area contributed by atoms with Gasteiger partial charge in [-0.15, -0.1) is 0 Å². The van der Waals surface area contributed by atoms with Gasteiger partial charge in [-0.2, -0.15) is 0 Å². The molecule has 1 saturated heterocycles. The highest BCUT2D eigenvalue weighted by Crippen LogP contribution is 2.22. The van der Waals surface area contributed by atoms with E-state index in [-0.39, 0.29) is 18.4 Å². The van der Waals surface area contributed by atoms with Crippen LogP contribution in [0.2, 0.25) is 0 Å². The lowest BCUT2D eigenvalue weighted by molar-refractivity contribution is -0.132. The summed E-state index contributed by atoms with van der Waals surface area (Å²) in [7, 11) is 0. The van der Waals surface area contributed by atoms with Gasteiger partial charge in [0.25, 0.3) is 0 Å². The molecule has 1 aromatic rings. The van der Waals surface area contributed by atoms with Gasteiger partial charge in [0, 0.05) is 44.5 Å². The van der Waals surface area contributed by atoms with Gasteiger partial charge in [0.05, 0.1) is 0 Å². The lowest BCUT2D eigenvalue weighted by Gasteiger charge is -2.32. The molecule has 0 N–H and O–H groups in total. The largest absolute Gasteiger partial charge is 0.372 e. The average molecular weight is 345 g/mol. The van der Waals surface area contributed by atoms with Gasteiger partial charge >= 0.3 is 0 Å². The molecule has 5 heteroatoms. The van der Waals surface area contributed by atoms with Crippen LogP contribution in [0.5, 0.6) is 0 Å². The van der Waals surface area contributed by atoms with E-state index in [0.29, 0.717) is 5.92 Å². The minimum Gasteiger partial charge on any atom is -0.372 e. The number of hydrogen-bond donors (Lipinski definition) is 0. The average Bonchev–Trinajstić information content (AvgIpc) is 2.61. The van der Waals surface area contributed by atoms with Crippen LogP contribution in [-0.2, 0) is 9.59 Å². The highest BCUT2D eigenvalue weighted by atomic mass is 16.2. The van der Waals surface area contributed by atoms with Crippen LogP contribution in [0.4, 0.5) is 11.4 Å². The van der Waals surface area contributed by atoms with E-state index in [2.05, 4.69) is 25.7 Å². The van der Waals surface area contributed by atoms with Crippen molar-refractivity contribution >= 4 is 23.2 Å². The predicted octanol–water partition coefficient (Wildman–Crippen LogP) is 3.14. The first-order valence-electron chi connectivity index (χ1n) is 9.37. The zero-order valence-electron chi connectivity index (χ0n) is 16.0. The van der Waals surface area contributed by atoms with E-state index in [0.717, 1.165) is 50.4 Å². The number of likely N-dealkylation sites (tertiary alicyclic amines) is 1. The number of nitrogens with zero attached hydrogens (tertiary/aromatic N) is 3. The van der Waals surface area contributed by atoms with E-state index in [1.165, 1.54) is 6.92 Å². The second-order valence-electron chi connectivity index (χ2n) is 6.86. The summed E-state index contributed by atoms with van der Waals surface area (Å²) in [6.45, 7) is 11.6. The Hall–Kier alpha value is -2.04. The summed E-state index contributed by atoms with van der Waals surface area (Å²) >= 11 is 0. The first kappa shape index (κ1) is 19.3. The van der Waals surface area contributed by atoms with Gasteiger partial charge in [0.15, 0.2) is 0 Å². The van der Waals surface area contributed by atoms with Crippen LogP contribution < -0.4 is 9.80 Å². The molecule has 0 bridgehead atoms. The van der Waals surface area contributed by atoms with Gasteiger partial charge in [-0.25, -0.2) is 0 Å². The first-order valence-corrected chi connectivity index (χ1v) is 9.37. The van der Waals surface area contributed by atoms with E-state index >= 15 is 0 Å². The molecule has 5 nitrogen and oxygen atoms in total. The molecule has 0 spiro atoms. The third-order valence-corrected chi connectivity index (χ3v) is 5.10. The third-order valence-electron chi connectivity index (χ3n) is 5.10. The number of anilines is 2. The van der Waals surface area contributed by atoms with Crippen molar-refractivity contribution in [2.45, 2.75) is 40.5 Å². The zero-order valence-corrected chi connectivity index (χ0v) is 16.0. The molecular formula is C20H31N3O2. The van der Waals surface area contributed by atoms with Crippen LogP contribution in [0.25, 0.3) is 0 Å². The number of rotatable bonds is 6. The van der Waals surface area contributed by atoms with Crippen molar-refractivity contribution in [3.05, 3.63) is 24.3 Å². The molecular weight excluding hydrogens is 314 g/mol. The number of piperidine rings is 1. The maximum Gasteiger partial charge on any atom is 0.242 e. The van der Waals surface area contributed by atoms with Crippen LogP contribution in [0.3, 0.4) is 0 Å². The lowest BCUT2D eigenvalue weighted by Crippen LogP contribution is -2.45. The molecule has 1 fully saturated rings. The molecule has 0 unspecified atom stereocenters. The second kappa shape index (κ2) is 8.88. The molecule has 1 aliphatic rings. The first-order chi connectivity index (χ1) is 12.0. The number of hydrogen-bond acceptors (Lipinski definition) is 3. The fourth-order valence-corrected chi connectivity index (χ4v) is 3.31. The van der Waals surface area contributed by atoms with E-state index in [1.807, 2.05) is 29.2 Å². The molecule has 0 atom stereocenters. The van der Waals surface area contributed by atoms with Crippen molar-refractivity contribution in [1.29, 1.82) is 0 Å². The Morgan fingerprint density at radius 2 is 1.56 bits per heavy atom. The molecule has 1 heterocycles. The second-order valence-corrected chi connectivity index (χ2v) is 6.86. The number of carbonyl (C=O) groups excluding carboxylic acids is 2. The Bertz CT molecular complexity index is 573. The molecule has 25 heavy (non-hydrogen) atoms. The number of amides is 2. The zero-order chi connectivity index (χ0) is 18.4. The maximum atomic E-state index is 12.6. The maximum absolute atomic E-state index is 12.6. The van der Waals surface area contributed by atoms with Gasteiger partial charge in [0.2, 0.25) is 11.8 Å². The summed E-state index contributed by atoms with van der Waals surface area (Å²) in [4.78, 5) is 30.4. The fraction of sp³-hybridized carbons (Fsp3) is 0.600. The Balaban J connectivity index is 2.07. The molecule has 0 aromatic heterocycles. The van der Waals surface area contributed by atoms with Crippen molar-refractivity contribution in [3.63, 3.8) is 0 Å². The van der Waals surface area contributed by atoms with Crippen LogP contribution >= 0.6 is 0 Å². The SMILES string of the molecule is CCN(CC)c1ccc(N(CC(=O)N2CCC(C)CC2)C(C)=O)cc1. The van der Waals surface area contributed by atoms with Crippen molar-refractivity contribution in [3.8, 4) is 0 Å². The monoisotopic (exact) mass is 345 g/mol. The van der Waals surface area contributed by atoms with Crippen LogP contribution in [0.1, 0.15) is 40.5 Å². The normalized spacial score (nSPS) is 15.1. The summed E-state index contributed by atoms with van der Waals surface area (Å²) in [6.07, 6.45) is 2.09. The van der Waals surface area contributed by atoms with E-state index < -0.39 is 0 Å². The summed E-state index contributed by atoms with van der Waals surface area (Å²) in [5.41, 5.74) is 1.91. The molecule has 1 aliphatic heterocycles. The van der Waals surface area contributed by atoms with Gasteiger partial charge in [0.1, 0.15) is 6.54 Å². The fourth-order valence-electron chi connectivity index (χ4n) is 3.31. The smallest absolute Gasteiger partial charge is 0.242 e. The predicted molar refractivity (Wildman–Crippen MR) is 103 cm³/mol. The summed E-state index contributed by atoms with van der Waals surface area (Å²) in [5.74, 6) is 0.616. The number of benzene rings is 1. The summed E-state index contributed by atoms with van der Waals surface area (Å²) < 4.78 is 0. The molecule has 0 saturated carbocycles. The van der Waals surface area contributed by atoms with Gasteiger partial charge in [-0.3, -0.25) is 9.59 Å². The molecule has 0 radical (unpaired) electrons. The highest BCUT2D eigenvalue weighted by Gasteiger charge is 2.23. The summed E-state index contributed by atoms with van der Waals surface area (Å²) in [5, 5.41) is 0. The third kappa shape index (κ3) is 4.97. The summed E-state index contributed by atoms with van der Waals surface area (Å²) in [6, 6.07) is 7.90. The Labute approximate surface area is 151 Å². The minimum absolute atomic E-state index is 0.0370. The minimum atomic E-state index is -0.102. The highest BCUT2D eigenvalue weighted by molar-refractivity contribution is 5.97. The topological polar surface area (TPSA) is 43.9 Å². The molecule has 138 valence electrons. The van der Waals surface area contributed by atoms with Gasteiger partial charge < -0.3 is 14.7 Å². The number of carbonyl (C=O) groups is 2.